The molecular formula is C20H31N3O2. The van der Waals surface area contributed by atoms with Crippen molar-refractivity contribution in [2.24, 2.45) is 0 Å². The van der Waals surface area contributed by atoms with Crippen LogP contribution >= 0.6 is 0 Å². The average Bonchev–Trinajstić information content (AvgIpc) is 2.77. The number of pyridine rings is 1. The van der Waals surface area contributed by atoms with Crippen LogP contribution in [0.15, 0.2) is 12.1 Å². The summed E-state index contributed by atoms with van der Waals surface area (Å²) in [4.78, 5) is 21.4. The first-order valence-corrected chi connectivity index (χ1v) is 9.57. The van der Waals surface area contributed by atoms with Crippen molar-refractivity contribution in [2.45, 2.75) is 71.4 Å². The highest BCUT2D eigenvalue weighted by molar-refractivity contribution is 5.68. The molecule has 0 N–H and O–H groups in total. The van der Waals surface area contributed by atoms with E-state index in [1.54, 1.807) is 0 Å². The van der Waals surface area contributed by atoms with Crippen LogP contribution in [0.2, 0.25) is 0 Å². The maximum Gasteiger partial charge on any atom is 0.410 e. The van der Waals surface area contributed by atoms with Gasteiger partial charge >= 0.3 is 6.09 Å². The predicted molar refractivity (Wildman–Crippen MR) is 100 cm³/mol. The van der Waals surface area contributed by atoms with Crippen molar-refractivity contribution in [1.29, 1.82) is 0 Å². The summed E-state index contributed by atoms with van der Waals surface area (Å²) in [7, 11) is 0. The molecule has 0 unspecified atom stereocenters. The standard InChI is InChI=1S/C20H31N3O2/c1-15-14-22(19(24)25-20(2,3)4)12-13-23(15)18-11-10-16-8-6-5-7-9-17(16)21-18/h10-11,15H,5-9,12-14H2,1-4H3/t15-/m1/s1. The van der Waals surface area contributed by atoms with Crippen molar-refractivity contribution in [3.8, 4) is 0 Å². The third-order valence-electron chi connectivity index (χ3n) is 4.99. The van der Waals surface area contributed by atoms with Gasteiger partial charge in [-0.15, -0.1) is 0 Å². The van der Waals surface area contributed by atoms with Crippen molar-refractivity contribution in [2.75, 3.05) is 24.5 Å². The summed E-state index contributed by atoms with van der Waals surface area (Å²) < 4.78 is 5.51. The highest BCUT2D eigenvalue weighted by Gasteiger charge is 2.30. The lowest BCUT2D eigenvalue weighted by atomic mass is 10.1. The summed E-state index contributed by atoms with van der Waals surface area (Å²) in [6, 6.07) is 4.65. The maximum atomic E-state index is 12.3. The average molecular weight is 345 g/mol. The van der Waals surface area contributed by atoms with Crippen LogP contribution in [0, 0.1) is 0 Å². The Morgan fingerprint density at radius 3 is 2.64 bits per heavy atom. The first kappa shape index (κ1) is 18.0. The lowest BCUT2D eigenvalue weighted by molar-refractivity contribution is 0.0218. The molecule has 0 spiro atoms. The molecule has 3 rings (SSSR count). The number of hydrogen-bond donors (Lipinski definition) is 0. The number of carbonyl (C=O) groups excluding carboxylic acids is 1. The molecule has 1 aliphatic carbocycles. The number of piperazine rings is 1. The molecule has 1 aromatic heterocycles. The van der Waals surface area contributed by atoms with E-state index in [2.05, 4.69) is 24.0 Å². The molecule has 1 fully saturated rings. The molecule has 0 bridgehead atoms. The van der Waals surface area contributed by atoms with Crippen molar-refractivity contribution >= 4 is 11.9 Å². The molecule has 0 aromatic carbocycles. The van der Waals surface area contributed by atoms with Gasteiger partial charge < -0.3 is 14.5 Å². The fourth-order valence-electron chi connectivity index (χ4n) is 3.70. The Hall–Kier alpha value is -1.78. The number of anilines is 1. The van der Waals surface area contributed by atoms with E-state index in [1.807, 2.05) is 25.7 Å². The van der Waals surface area contributed by atoms with Crippen molar-refractivity contribution in [3.05, 3.63) is 23.4 Å². The Kier molecular flexibility index (Phi) is 5.21. The van der Waals surface area contributed by atoms with Crippen molar-refractivity contribution in [1.82, 2.24) is 9.88 Å². The molecule has 5 heteroatoms. The first-order chi connectivity index (χ1) is 11.8. The second-order valence-corrected chi connectivity index (χ2v) is 8.30. The minimum absolute atomic E-state index is 0.214. The second kappa shape index (κ2) is 7.22. The Morgan fingerprint density at radius 2 is 1.92 bits per heavy atom. The van der Waals surface area contributed by atoms with Crippen molar-refractivity contribution in [3.63, 3.8) is 0 Å². The lowest BCUT2D eigenvalue weighted by Gasteiger charge is -2.41. The molecule has 2 aliphatic rings. The molecule has 25 heavy (non-hydrogen) atoms. The van der Waals surface area contributed by atoms with Gasteiger partial charge in [-0.25, -0.2) is 9.78 Å². The van der Waals surface area contributed by atoms with Gasteiger partial charge in [0.2, 0.25) is 0 Å². The number of aromatic nitrogens is 1. The van der Waals surface area contributed by atoms with E-state index in [0.29, 0.717) is 13.1 Å². The fraction of sp³-hybridized carbons (Fsp3) is 0.700. The summed E-state index contributed by atoms with van der Waals surface area (Å²) in [5.41, 5.74) is 2.24. The zero-order valence-corrected chi connectivity index (χ0v) is 16.0. The number of fused-ring (bicyclic) bond motifs is 1. The van der Waals surface area contributed by atoms with Gasteiger partial charge in [0.05, 0.1) is 0 Å². The van der Waals surface area contributed by atoms with E-state index in [0.717, 1.165) is 25.2 Å². The summed E-state index contributed by atoms with van der Waals surface area (Å²) in [6.07, 6.45) is 5.86. The number of aryl methyl sites for hydroxylation is 2. The van der Waals surface area contributed by atoms with E-state index >= 15 is 0 Å². The smallest absolute Gasteiger partial charge is 0.410 e. The molecule has 1 saturated heterocycles. The summed E-state index contributed by atoms with van der Waals surface area (Å²) in [6.45, 7) is 10.0. The third kappa shape index (κ3) is 4.44. The highest BCUT2D eigenvalue weighted by atomic mass is 16.6. The van der Waals surface area contributed by atoms with E-state index in [9.17, 15) is 4.79 Å². The number of ether oxygens (including phenoxy) is 1. The zero-order valence-electron chi connectivity index (χ0n) is 16.0. The quantitative estimate of drug-likeness (QED) is 0.726. The van der Waals surface area contributed by atoms with E-state index in [-0.39, 0.29) is 12.1 Å². The van der Waals surface area contributed by atoms with Gasteiger partial charge in [-0.2, -0.15) is 0 Å². The Bertz CT molecular complexity index is 624. The molecule has 5 nitrogen and oxygen atoms in total. The van der Waals surface area contributed by atoms with E-state index in [1.165, 1.54) is 30.5 Å². The maximum absolute atomic E-state index is 12.3. The van der Waals surface area contributed by atoms with Crippen LogP contribution < -0.4 is 4.90 Å². The van der Waals surface area contributed by atoms with Gasteiger partial charge in [0.25, 0.3) is 0 Å². The van der Waals surface area contributed by atoms with Gasteiger partial charge in [0, 0.05) is 31.4 Å². The molecule has 0 saturated carbocycles. The molecule has 0 radical (unpaired) electrons. The molecule has 138 valence electrons. The first-order valence-electron chi connectivity index (χ1n) is 9.57. The lowest BCUT2D eigenvalue weighted by Crippen LogP contribution is -2.54. The van der Waals surface area contributed by atoms with Gasteiger partial charge in [-0.1, -0.05) is 12.5 Å². The SMILES string of the molecule is C[C@@H]1CN(C(=O)OC(C)(C)C)CCN1c1ccc2c(n1)CCCCC2. The third-order valence-corrected chi connectivity index (χ3v) is 4.99. The van der Waals surface area contributed by atoms with Crippen LogP contribution in [0.1, 0.15) is 58.2 Å². The van der Waals surface area contributed by atoms with Crippen LogP contribution in [0.5, 0.6) is 0 Å². The van der Waals surface area contributed by atoms with Gasteiger partial charge in [0.15, 0.2) is 0 Å². The van der Waals surface area contributed by atoms with Gasteiger partial charge in [0.1, 0.15) is 11.4 Å². The normalized spacial score (nSPS) is 21.5. The number of nitrogens with zero attached hydrogens (tertiary/aromatic N) is 3. The monoisotopic (exact) mass is 345 g/mol. The van der Waals surface area contributed by atoms with Crippen molar-refractivity contribution < 1.29 is 9.53 Å². The molecule has 1 atom stereocenters. The topological polar surface area (TPSA) is 45.7 Å². The minimum atomic E-state index is -0.448. The van der Waals surface area contributed by atoms with Crippen LogP contribution in [0.3, 0.4) is 0 Å². The molecule has 1 aliphatic heterocycles. The van der Waals surface area contributed by atoms with Gasteiger partial charge in [-0.3, -0.25) is 0 Å². The number of carbonyl (C=O) groups is 1. The van der Waals surface area contributed by atoms with Crippen LogP contribution in [-0.2, 0) is 17.6 Å². The van der Waals surface area contributed by atoms with Gasteiger partial charge in [-0.05, 0) is 65.0 Å². The molecular weight excluding hydrogens is 314 g/mol. The van der Waals surface area contributed by atoms with E-state index in [4.69, 9.17) is 9.72 Å². The van der Waals surface area contributed by atoms with Crippen LogP contribution in [0.4, 0.5) is 10.6 Å². The summed E-state index contributed by atoms with van der Waals surface area (Å²) in [5.74, 6) is 1.05. The Labute approximate surface area is 151 Å². The number of hydrogen-bond acceptors (Lipinski definition) is 4. The van der Waals surface area contributed by atoms with Crippen LogP contribution in [-0.4, -0.2) is 47.3 Å². The number of rotatable bonds is 1. The summed E-state index contributed by atoms with van der Waals surface area (Å²) in [5, 5.41) is 0. The zero-order chi connectivity index (χ0) is 18.0. The molecule has 1 aromatic rings. The van der Waals surface area contributed by atoms with Crippen LogP contribution in [0.25, 0.3) is 0 Å². The Morgan fingerprint density at radius 1 is 1.16 bits per heavy atom. The number of amides is 1. The predicted octanol–water partition coefficient (Wildman–Crippen LogP) is 3.80. The minimum Gasteiger partial charge on any atom is -0.444 e. The summed E-state index contributed by atoms with van der Waals surface area (Å²) >= 11 is 0. The molecule has 1 amide bonds. The molecule has 2 heterocycles. The van der Waals surface area contributed by atoms with E-state index < -0.39 is 5.60 Å². The largest absolute Gasteiger partial charge is 0.444 e. The second-order valence-electron chi connectivity index (χ2n) is 8.30. The Balaban J connectivity index is 1.67. The highest BCUT2D eigenvalue weighted by Crippen LogP contribution is 2.25. The fourth-order valence-corrected chi connectivity index (χ4v) is 3.70.